The molecule has 4 heterocycles. The van der Waals surface area contributed by atoms with Crippen LogP contribution in [0.15, 0.2) is 30.5 Å². The summed E-state index contributed by atoms with van der Waals surface area (Å²) < 4.78 is 7.45. The number of piperidine rings is 3. The summed E-state index contributed by atoms with van der Waals surface area (Å²) in [4.78, 5) is 70.2. The molecule has 3 saturated heterocycles. The first-order valence-corrected chi connectivity index (χ1v) is 16.4. The fourth-order valence-electron chi connectivity index (χ4n) is 6.40. The molecular formula is C34H47N7O6. The molecule has 0 aliphatic carbocycles. The number of fused-ring (bicyclic) bond motifs is 4. The van der Waals surface area contributed by atoms with Crippen molar-refractivity contribution < 1.29 is 33.5 Å². The lowest BCUT2D eigenvalue weighted by molar-refractivity contribution is -0.159. The van der Waals surface area contributed by atoms with E-state index in [1.54, 1.807) is 20.8 Å². The minimum absolute atomic E-state index is 0.0578. The highest BCUT2D eigenvalue weighted by Gasteiger charge is 2.44. The van der Waals surface area contributed by atoms with Gasteiger partial charge < -0.3 is 35.7 Å². The van der Waals surface area contributed by atoms with Gasteiger partial charge in [0.1, 0.15) is 17.7 Å². The minimum Gasteiger partial charge on any atom is -0.458 e. The number of aromatic nitrogens is 1. The number of hydrogen-bond donors (Lipinski definition) is 3. The molecule has 13 nitrogen and oxygen atoms in total. The summed E-state index contributed by atoms with van der Waals surface area (Å²) in [5, 5.41) is 9.49. The predicted octanol–water partition coefficient (Wildman–Crippen LogP) is 2.06. The molecule has 3 N–H and O–H groups in total. The lowest BCUT2D eigenvalue weighted by Gasteiger charge is -2.47. The molecule has 3 aliphatic heterocycles. The molecule has 3 amide bonds. The molecular weight excluding hydrogens is 602 g/mol. The Hall–Kier alpha value is -4.35. The molecule has 2 atom stereocenters. The third-order valence-electron chi connectivity index (χ3n) is 9.01. The molecule has 2 aromatic rings. The second kappa shape index (κ2) is 15.5. The van der Waals surface area contributed by atoms with Gasteiger partial charge in [0, 0.05) is 50.0 Å². The van der Waals surface area contributed by atoms with Crippen molar-refractivity contribution in [3.63, 3.8) is 0 Å². The second-order valence-electron chi connectivity index (χ2n) is 13.7. The van der Waals surface area contributed by atoms with Crippen molar-refractivity contribution >= 4 is 46.6 Å². The zero-order valence-corrected chi connectivity index (χ0v) is 27.8. The van der Waals surface area contributed by atoms with Gasteiger partial charge in [-0.1, -0.05) is 18.2 Å². The van der Waals surface area contributed by atoms with E-state index in [2.05, 4.69) is 25.6 Å². The Labute approximate surface area is 275 Å². The first-order chi connectivity index (χ1) is 22.3. The van der Waals surface area contributed by atoms with Crippen molar-refractivity contribution in [2.24, 2.45) is 12.5 Å². The number of benzene rings is 1. The monoisotopic (exact) mass is 649 g/mol. The van der Waals surface area contributed by atoms with Crippen LogP contribution in [-0.4, -0.2) is 93.8 Å². The topological polar surface area (TPSA) is 175 Å². The average Bonchev–Trinajstić information content (AvgIpc) is 3.35. The molecule has 5 rings (SSSR count). The van der Waals surface area contributed by atoms with Crippen LogP contribution in [0, 0.1) is 5.41 Å². The number of rotatable bonds is 15. The Bertz CT molecular complexity index is 1520. The van der Waals surface area contributed by atoms with E-state index in [1.807, 2.05) is 42.1 Å². The summed E-state index contributed by atoms with van der Waals surface area (Å²) in [6.45, 7) is 8.25. The first kappa shape index (κ1) is 35.5. The van der Waals surface area contributed by atoms with Gasteiger partial charge in [-0.2, -0.15) is 4.79 Å². The van der Waals surface area contributed by atoms with Gasteiger partial charge in [-0.05, 0) is 84.1 Å². The maximum Gasteiger partial charge on any atom is 0.329 e. The third kappa shape index (κ3) is 9.59. The van der Waals surface area contributed by atoms with Crippen LogP contribution in [0.5, 0.6) is 0 Å². The Morgan fingerprint density at radius 1 is 1.02 bits per heavy atom. The SMILES string of the molecule is Cn1cc(C[C@H](NC(=O)CCCNC(=O)C23CCN(CC2)CC3)C(=O)N[C@@H](CCC(=O)C=[N+]=[N-])C(=O)OC(C)(C)C)c2ccccc21. The van der Waals surface area contributed by atoms with E-state index in [-0.39, 0.29) is 42.9 Å². The fraction of sp³-hybridized carbons (Fsp3) is 0.588. The normalized spacial score (nSPS) is 20.0. The van der Waals surface area contributed by atoms with Crippen LogP contribution in [0.3, 0.4) is 0 Å². The van der Waals surface area contributed by atoms with E-state index < -0.39 is 35.3 Å². The number of Topliss-reactive ketones (excluding diaryl/α,β-unsaturated/α-hetero) is 1. The Balaban J connectivity index is 1.44. The van der Waals surface area contributed by atoms with Crippen molar-refractivity contribution in [3.8, 4) is 0 Å². The van der Waals surface area contributed by atoms with E-state index >= 15 is 0 Å². The van der Waals surface area contributed by atoms with Crippen LogP contribution in [0.25, 0.3) is 16.4 Å². The van der Waals surface area contributed by atoms with Crippen LogP contribution in [0.4, 0.5) is 0 Å². The number of nitrogens with zero attached hydrogens (tertiary/aromatic N) is 4. The third-order valence-corrected chi connectivity index (χ3v) is 9.01. The largest absolute Gasteiger partial charge is 0.458 e. The molecule has 0 spiro atoms. The minimum atomic E-state index is -1.19. The number of ketones is 1. The smallest absolute Gasteiger partial charge is 0.329 e. The van der Waals surface area contributed by atoms with Crippen molar-refractivity contribution in [3.05, 3.63) is 41.6 Å². The van der Waals surface area contributed by atoms with Gasteiger partial charge >= 0.3 is 12.2 Å². The summed E-state index contributed by atoms with van der Waals surface area (Å²) in [5.41, 5.74) is 9.33. The molecule has 13 heteroatoms. The summed E-state index contributed by atoms with van der Waals surface area (Å²) >= 11 is 0. The van der Waals surface area contributed by atoms with Crippen LogP contribution < -0.4 is 16.0 Å². The molecule has 47 heavy (non-hydrogen) atoms. The zero-order valence-electron chi connectivity index (χ0n) is 27.8. The van der Waals surface area contributed by atoms with Crippen LogP contribution >= 0.6 is 0 Å². The number of carbonyl (C=O) groups is 5. The molecule has 3 aliphatic rings. The average molecular weight is 650 g/mol. The highest BCUT2D eigenvalue weighted by molar-refractivity contribution is 6.25. The van der Waals surface area contributed by atoms with E-state index in [1.165, 1.54) is 0 Å². The van der Waals surface area contributed by atoms with Crippen molar-refractivity contribution in [1.82, 2.24) is 25.4 Å². The second-order valence-corrected chi connectivity index (χ2v) is 13.7. The summed E-state index contributed by atoms with van der Waals surface area (Å²) in [5.74, 6) is -2.18. The van der Waals surface area contributed by atoms with Crippen molar-refractivity contribution in [1.29, 1.82) is 0 Å². The van der Waals surface area contributed by atoms with Gasteiger partial charge in [0.2, 0.25) is 23.5 Å². The molecule has 0 radical (unpaired) electrons. The van der Waals surface area contributed by atoms with Gasteiger partial charge in [-0.25, -0.2) is 4.79 Å². The fourth-order valence-corrected chi connectivity index (χ4v) is 6.40. The maximum atomic E-state index is 13.8. The van der Waals surface area contributed by atoms with Crippen LogP contribution in [-0.2, 0) is 42.2 Å². The molecule has 1 aromatic heterocycles. The Kier molecular flexibility index (Phi) is 11.7. The van der Waals surface area contributed by atoms with Crippen molar-refractivity contribution in [2.75, 3.05) is 26.2 Å². The van der Waals surface area contributed by atoms with Crippen LogP contribution in [0.2, 0.25) is 0 Å². The Morgan fingerprint density at radius 3 is 2.36 bits per heavy atom. The quantitative estimate of drug-likeness (QED) is 0.0870. The lowest BCUT2D eigenvalue weighted by atomic mass is 9.71. The van der Waals surface area contributed by atoms with Gasteiger partial charge in [0.05, 0.1) is 5.41 Å². The standard InChI is InChI=1S/C34H47N7O6/c1-33(2,3)47-31(45)26(12-11-24(42)21-37-35)39-30(44)27(20-23-22-40(4)28-9-6-5-8-25(23)28)38-29(43)10-7-16-36-32(46)34-13-17-41(18-14-34)19-15-34/h5-6,8-9,21-22,26-27H,7,10-20H2,1-4H3,(H,36,46)(H,38,43)(H,39,44)/t26-,27-/m0/s1. The van der Waals surface area contributed by atoms with Gasteiger partial charge in [-0.15, -0.1) is 0 Å². The summed E-state index contributed by atoms with van der Waals surface area (Å²) in [6, 6.07) is 5.48. The number of amides is 3. The lowest BCUT2D eigenvalue weighted by Crippen LogP contribution is -2.55. The van der Waals surface area contributed by atoms with Gasteiger partial charge in [0.15, 0.2) is 0 Å². The van der Waals surface area contributed by atoms with E-state index in [0.29, 0.717) is 13.0 Å². The Morgan fingerprint density at radius 2 is 1.70 bits per heavy atom. The van der Waals surface area contributed by atoms with E-state index in [4.69, 9.17) is 10.3 Å². The summed E-state index contributed by atoms with van der Waals surface area (Å²) in [7, 11) is 1.90. The molecule has 254 valence electrons. The molecule has 1 aromatic carbocycles. The number of ether oxygens (including phenoxy) is 1. The zero-order chi connectivity index (χ0) is 34.2. The van der Waals surface area contributed by atoms with E-state index in [0.717, 1.165) is 61.6 Å². The molecule has 2 bridgehead atoms. The van der Waals surface area contributed by atoms with E-state index in [9.17, 15) is 24.0 Å². The molecule has 0 unspecified atom stereocenters. The van der Waals surface area contributed by atoms with Crippen molar-refractivity contribution in [2.45, 2.75) is 89.8 Å². The molecule has 3 fully saturated rings. The van der Waals surface area contributed by atoms with Gasteiger partial charge in [-0.3, -0.25) is 19.2 Å². The number of aryl methyl sites for hydroxylation is 1. The predicted molar refractivity (Wildman–Crippen MR) is 175 cm³/mol. The number of para-hydroxylation sites is 1. The highest BCUT2D eigenvalue weighted by atomic mass is 16.6. The van der Waals surface area contributed by atoms with Crippen LogP contribution in [0.1, 0.15) is 71.3 Å². The number of carbonyl (C=O) groups excluding carboxylic acids is 5. The summed E-state index contributed by atoms with van der Waals surface area (Å²) in [6.07, 6.45) is 5.57. The first-order valence-electron chi connectivity index (χ1n) is 16.4. The number of nitrogens with one attached hydrogen (secondary N) is 3. The number of hydrogen-bond acceptors (Lipinski definition) is 7. The number of esters is 1. The highest BCUT2D eigenvalue weighted by Crippen LogP contribution is 2.40. The maximum absolute atomic E-state index is 13.8. The van der Waals surface area contributed by atoms with Gasteiger partial charge in [0.25, 0.3) is 0 Å². The molecule has 0 saturated carbocycles.